The van der Waals surface area contributed by atoms with E-state index in [1.807, 2.05) is 0 Å². The van der Waals surface area contributed by atoms with E-state index in [0.717, 1.165) is 0 Å². The van der Waals surface area contributed by atoms with Gasteiger partial charge in [-0.3, -0.25) is 9.59 Å². The smallest absolute Gasteiger partial charge is 0.397 e. The predicted octanol–water partition coefficient (Wildman–Crippen LogP) is 1.62. The summed E-state index contributed by atoms with van der Waals surface area (Å²) in [4.78, 5) is 46.7. The first-order valence-corrected chi connectivity index (χ1v) is 7.79. The minimum atomic E-state index is -1.00. The van der Waals surface area contributed by atoms with Gasteiger partial charge in [0.2, 0.25) is 0 Å². The van der Waals surface area contributed by atoms with Crippen LogP contribution in [0.3, 0.4) is 0 Å². The zero-order valence-electron chi connectivity index (χ0n) is 14.9. The van der Waals surface area contributed by atoms with Crippen LogP contribution >= 0.6 is 0 Å². The molecule has 1 rings (SSSR count). The van der Waals surface area contributed by atoms with Crippen LogP contribution < -0.4 is 10.6 Å². The number of carbonyl (C=O) groups excluding carboxylic acids is 4. The SMILES string of the molecule is CCOC(=O)C(=O)Nc1c(C)cc(C)c(NC(=O)C(=O)OCC)c1C. The van der Waals surface area contributed by atoms with Gasteiger partial charge in [-0.05, 0) is 51.3 Å². The fourth-order valence-corrected chi connectivity index (χ4v) is 2.29. The van der Waals surface area contributed by atoms with Crippen molar-refractivity contribution in [2.75, 3.05) is 23.8 Å². The van der Waals surface area contributed by atoms with E-state index in [1.54, 1.807) is 40.7 Å². The second-order valence-electron chi connectivity index (χ2n) is 5.23. The maximum absolute atomic E-state index is 11.9. The molecule has 0 aliphatic rings. The van der Waals surface area contributed by atoms with Gasteiger partial charge in [0.05, 0.1) is 13.2 Å². The lowest BCUT2D eigenvalue weighted by atomic mass is 10.0. The van der Waals surface area contributed by atoms with E-state index in [9.17, 15) is 19.2 Å². The van der Waals surface area contributed by atoms with Crippen molar-refractivity contribution >= 4 is 35.1 Å². The third-order valence-electron chi connectivity index (χ3n) is 3.37. The highest BCUT2D eigenvalue weighted by molar-refractivity contribution is 6.38. The van der Waals surface area contributed by atoms with Gasteiger partial charge < -0.3 is 20.1 Å². The first kappa shape index (κ1) is 20.1. The van der Waals surface area contributed by atoms with Crippen LogP contribution in [0, 0.1) is 20.8 Å². The summed E-state index contributed by atoms with van der Waals surface area (Å²) >= 11 is 0. The Kier molecular flexibility index (Phi) is 7.10. The third-order valence-corrected chi connectivity index (χ3v) is 3.37. The number of ether oxygens (including phenoxy) is 2. The van der Waals surface area contributed by atoms with Crippen LogP contribution in [0.5, 0.6) is 0 Å². The zero-order valence-corrected chi connectivity index (χ0v) is 14.9. The molecule has 0 aliphatic heterocycles. The quantitative estimate of drug-likeness (QED) is 0.630. The normalized spacial score (nSPS) is 9.96. The Morgan fingerprint density at radius 3 is 1.48 bits per heavy atom. The average Bonchev–Trinajstić information content (AvgIpc) is 2.55. The molecule has 25 heavy (non-hydrogen) atoms. The predicted molar refractivity (Wildman–Crippen MR) is 91.2 cm³/mol. The Labute approximate surface area is 145 Å². The molecular weight excluding hydrogens is 328 g/mol. The van der Waals surface area contributed by atoms with Gasteiger partial charge in [0.15, 0.2) is 0 Å². The monoisotopic (exact) mass is 350 g/mol. The number of nitrogens with one attached hydrogen (secondary N) is 2. The van der Waals surface area contributed by atoms with Crippen LogP contribution in [-0.2, 0) is 28.7 Å². The first-order chi connectivity index (χ1) is 11.7. The van der Waals surface area contributed by atoms with Crippen molar-refractivity contribution in [2.24, 2.45) is 0 Å². The van der Waals surface area contributed by atoms with Crippen LogP contribution in [0.2, 0.25) is 0 Å². The Balaban J connectivity index is 3.13. The van der Waals surface area contributed by atoms with Crippen molar-refractivity contribution in [3.8, 4) is 0 Å². The number of anilines is 2. The summed E-state index contributed by atoms with van der Waals surface area (Å²) in [6, 6.07) is 1.72. The lowest BCUT2D eigenvalue weighted by Gasteiger charge is -2.18. The Morgan fingerprint density at radius 1 is 0.800 bits per heavy atom. The number of rotatable bonds is 4. The van der Waals surface area contributed by atoms with E-state index in [0.29, 0.717) is 28.1 Å². The van der Waals surface area contributed by atoms with Crippen molar-refractivity contribution in [3.05, 3.63) is 22.8 Å². The van der Waals surface area contributed by atoms with E-state index >= 15 is 0 Å². The van der Waals surface area contributed by atoms with Gasteiger partial charge in [-0.2, -0.15) is 0 Å². The second-order valence-corrected chi connectivity index (χ2v) is 5.23. The largest absolute Gasteiger partial charge is 0.459 e. The second kappa shape index (κ2) is 8.81. The zero-order chi connectivity index (χ0) is 19.1. The molecule has 0 aliphatic carbocycles. The van der Waals surface area contributed by atoms with Crippen molar-refractivity contribution in [1.82, 2.24) is 0 Å². The molecule has 0 saturated heterocycles. The lowest BCUT2D eigenvalue weighted by Crippen LogP contribution is -2.27. The van der Waals surface area contributed by atoms with E-state index in [2.05, 4.69) is 20.1 Å². The van der Waals surface area contributed by atoms with Gasteiger partial charge in [-0.25, -0.2) is 9.59 Å². The number of carbonyl (C=O) groups is 4. The van der Waals surface area contributed by atoms with Crippen molar-refractivity contribution in [2.45, 2.75) is 34.6 Å². The van der Waals surface area contributed by atoms with E-state index in [-0.39, 0.29) is 13.2 Å². The number of esters is 2. The van der Waals surface area contributed by atoms with Gasteiger partial charge >= 0.3 is 23.8 Å². The van der Waals surface area contributed by atoms with Gasteiger partial charge in [-0.1, -0.05) is 6.07 Å². The van der Waals surface area contributed by atoms with Gasteiger partial charge in [0.25, 0.3) is 0 Å². The first-order valence-electron chi connectivity index (χ1n) is 7.79. The van der Waals surface area contributed by atoms with Crippen LogP contribution in [0.1, 0.15) is 30.5 Å². The van der Waals surface area contributed by atoms with Crippen molar-refractivity contribution in [3.63, 3.8) is 0 Å². The van der Waals surface area contributed by atoms with Crippen molar-refractivity contribution < 1.29 is 28.7 Å². The number of hydrogen-bond donors (Lipinski definition) is 2. The molecule has 0 atom stereocenters. The fourth-order valence-electron chi connectivity index (χ4n) is 2.29. The summed E-state index contributed by atoms with van der Waals surface area (Å²) in [7, 11) is 0. The number of hydrogen-bond acceptors (Lipinski definition) is 6. The minimum absolute atomic E-state index is 0.0823. The molecule has 136 valence electrons. The molecule has 0 bridgehead atoms. The van der Waals surface area contributed by atoms with Gasteiger partial charge in [0.1, 0.15) is 0 Å². The summed E-state index contributed by atoms with van der Waals surface area (Å²) in [6.07, 6.45) is 0. The highest BCUT2D eigenvalue weighted by atomic mass is 16.5. The van der Waals surface area contributed by atoms with Crippen LogP contribution in [0.25, 0.3) is 0 Å². The number of aryl methyl sites for hydroxylation is 2. The topological polar surface area (TPSA) is 111 Å². The maximum Gasteiger partial charge on any atom is 0.397 e. The molecule has 1 aromatic carbocycles. The molecule has 2 N–H and O–H groups in total. The molecule has 0 saturated carbocycles. The molecule has 0 spiro atoms. The average molecular weight is 350 g/mol. The molecule has 0 heterocycles. The standard InChI is InChI=1S/C17H22N2O6/c1-6-24-16(22)14(20)18-12-9(3)8-10(4)13(11(12)5)19-15(21)17(23)25-7-2/h8H,6-7H2,1-5H3,(H,18,20)(H,19,21). The van der Waals surface area contributed by atoms with Gasteiger partial charge in [-0.15, -0.1) is 0 Å². The Bertz CT molecular complexity index is 655. The highest BCUT2D eigenvalue weighted by Crippen LogP contribution is 2.31. The molecule has 8 heteroatoms. The molecule has 0 aromatic heterocycles. The van der Waals surface area contributed by atoms with Crippen LogP contribution in [0.4, 0.5) is 11.4 Å². The van der Waals surface area contributed by atoms with Crippen molar-refractivity contribution in [1.29, 1.82) is 0 Å². The summed E-state index contributed by atoms with van der Waals surface area (Å²) in [5, 5.41) is 4.95. The molecular formula is C17H22N2O6. The minimum Gasteiger partial charge on any atom is -0.459 e. The molecule has 8 nitrogen and oxygen atoms in total. The third kappa shape index (κ3) is 5.03. The number of benzene rings is 1. The molecule has 1 aromatic rings. The summed E-state index contributed by atoms with van der Waals surface area (Å²) < 4.78 is 9.30. The molecule has 0 radical (unpaired) electrons. The summed E-state index contributed by atoms with van der Waals surface area (Å²) in [6.45, 7) is 8.50. The fraction of sp³-hybridized carbons (Fsp3) is 0.412. The summed E-state index contributed by atoms with van der Waals surface area (Å²) in [5.41, 5.74) is 2.63. The van der Waals surface area contributed by atoms with Crippen LogP contribution in [-0.4, -0.2) is 37.0 Å². The molecule has 0 fully saturated rings. The lowest BCUT2D eigenvalue weighted by molar-refractivity contribution is -0.152. The number of amides is 2. The van der Waals surface area contributed by atoms with E-state index < -0.39 is 23.8 Å². The highest BCUT2D eigenvalue weighted by Gasteiger charge is 2.22. The molecule has 0 unspecified atom stereocenters. The van der Waals surface area contributed by atoms with E-state index in [4.69, 9.17) is 0 Å². The maximum atomic E-state index is 11.9. The Hall–Kier alpha value is -2.90. The van der Waals surface area contributed by atoms with Gasteiger partial charge in [0, 0.05) is 11.4 Å². The summed E-state index contributed by atoms with van der Waals surface area (Å²) in [5.74, 6) is -3.84. The van der Waals surface area contributed by atoms with E-state index in [1.165, 1.54) is 0 Å². The van der Waals surface area contributed by atoms with Crippen LogP contribution in [0.15, 0.2) is 6.07 Å². The Morgan fingerprint density at radius 2 is 1.16 bits per heavy atom. The molecule has 2 amide bonds.